The Morgan fingerprint density at radius 3 is 1.42 bits per heavy atom. The van der Waals surface area contributed by atoms with Gasteiger partial charge < -0.3 is 35.3 Å². The van der Waals surface area contributed by atoms with Crippen LogP contribution in [0.2, 0.25) is 0 Å². The topological polar surface area (TPSA) is 40.9 Å². The minimum Gasteiger partial charge on any atom is -1.00 e. The second kappa shape index (κ2) is 18.1. The normalized spacial score (nSPS) is 12.3. The molecule has 1 fully saturated rings. The van der Waals surface area contributed by atoms with Crippen molar-refractivity contribution in [3.8, 4) is 0 Å². The van der Waals surface area contributed by atoms with Crippen LogP contribution in [-0.4, -0.2) is 15.4 Å². The number of fused-ring (bicyclic) bond motifs is 3. The molecule has 38 heavy (non-hydrogen) atoms. The van der Waals surface area contributed by atoms with Gasteiger partial charge in [0.2, 0.25) is 0 Å². The molecule has 0 atom stereocenters. The quantitative estimate of drug-likeness (QED) is 0.230. The Labute approximate surface area is 256 Å². The largest absolute Gasteiger partial charge is 4.00 e. The zero-order chi connectivity index (χ0) is 24.3. The molecule has 1 saturated carbocycles. The van der Waals surface area contributed by atoms with Gasteiger partial charge in [-0.3, -0.25) is 0 Å². The molecule has 5 aromatic rings. The summed E-state index contributed by atoms with van der Waals surface area (Å²) in [6.07, 6.45) is 5.47. The van der Waals surface area contributed by atoms with E-state index in [1.54, 1.807) is 0 Å². The fourth-order valence-electron chi connectivity index (χ4n) is 4.48. The van der Waals surface area contributed by atoms with Crippen LogP contribution in [0, 0.1) is 5.92 Å². The number of hydrogen-bond acceptors (Lipinski definition) is 1. The summed E-state index contributed by atoms with van der Waals surface area (Å²) < 4.78 is 0. The first-order chi connectivity index (χ1) is 17.2. The molecule has 0 unspecified atom stereocenters. The van der Waals surface area contributed by atoms with Gasteiger partial charge in [0.05, 0.1) is 5.91 Å². The standard InChI is InChI=1S/C13H9.C12H10Si.C7H13NO.2ClH.Ti/c1-3-7-12-10(5-1)9-11-6-2-4-8-13(11)12;1-3-7-11(8-4-1)13-12-9-5-2-6-10-12;8-7(9)6-4-2-1-3-5-6;;;/h1-9H;1-10H;6H,1-5H2,(H2,8,9);2*1H;/q-1;;;;;+4/p-3. The number of hydrogen-bond donors (Lipinski definition) is 0. The van der Waals surface area contributed by atoms with Crippen molar-refractivity contribution in [2.24, 2.45) is 5.92 Å². The van der Waals surface area contributed by atoms with E-state index < -0.39 is 0 Å². The molecule has 2 nitrogen and oxygen atoms in total. The zero-order valence-electron chi connectivity index (χ0n) is 21.2. The van der Waals surface area contributed by atoms with Crippen LogP contribution in [0.5, 0.6) is 0 Å². The van der Waals surface area contributed by atoms with Crippen molar-refractivity contribution in [3.05, 3.63) is 121 Å². The summed E-state index contributed by atoms with van der Waals surface area (Å²) in [6.45, 7) is 0. The molecular weight excluding hydrogens is 561 g/mol. The Kier molecular flexibility index (Phi) is 16.1. The van der Waals surface area contributed by atoms with Crippen LogP contribution in [0.3, 0.4) is 0 Å². The first-order valence-corrected chi connectivity index (χ1v) is 13.4. The van der Waals surface area contributed by atoms with Crippen molar-refractivity contribution < 1.29 is 51.3 Å². The molecule has 1 N–H and O–H groups in total. The van der Waals surface area contributed by atoms with Crippen LogP contribution >= 0.6 is 0 Å². The molecule has 0 aliphatic heterocycles. The average molecular weight is 592 g/mol. The summed E-state index contributed by atoms with van der Waals surface area (Å²) in [5.74, 6) is -0.270. The molecule has 5 aromatic carbocycles. The fraction of sp³-hybridized carbons (Fsp3) is 0.188. The molecule has 192 valence electrons. The van der Waals surface area contributed by atoms with Crippen LogP contribution in [-0.2, 0) is 26.5 Å². The summed E-state index contributed by atoms with van der Waals surface area (Å²) in [6, 6.07) is 40.4. The van der Waals surface area contributed by atoms with Gasteiger partial charge in [0.25, 0.3) is 0 Å². The van der Waals surface area contributed by atoms with Gasteiger partial charge in [-0.25, -0.2) is 0 Å². The van der Waals surface area contributed by atoms with E-state index in [4.69, 9.17) is 5.73 Å². The number of amides is 1. The molecular formula is C32H31Cl2NOSiTi. The summed E-state index contributed by atoms with van der Waals surface area (Å²) in [7, 11) is 0.777. The second-order valence-corrected chi connectivity index (χ2v) is 10.3. The minimum absolute atomic E-state index is 0. The number of carbonyl (C=O) groups is 1. The first kappa shape index (κ1) is 33.8. The predicted molar refractivity (Wildman–Crippen MR) is 151 cm³/mol. The molecule has 0 aromatic heterocycles. The van der Waals surface area contributed by atoms with Gasteiger partial charge in [0.15, 0.2) is 0 Å². The maximum atomic E-state index is 10.5. The van der Waals surface area contributed by atoms with Crippen molar-refractivity contribution in [3.63, 3.8) is 0 Å². The van der Waals surface area contributed by atoms with E-state index in [0.29, 0.717) is 0 Å². The van der Waals surface area contributed by atoms with Crippen molar-refractivity contribution in [2.75, 3.05) is 0 Å². The Morgan fingerprint density at radius 2 is 1.03 bits per heavy atom. The van der Waals surface area contributed by atoms with Crippen LogP contribution < -0.4 is 35.2 Å². The molecule has 0 spiro atoms. The Bertz CT molecular complexity index is 1250. The summed E-state index contributed by atoms with van der Waals surface area (Å²) in [5, 5.41) is 8.19. The molecule has 6 heteroatoms. The number of halogens is 2. The van der Waals surface area contributed by atoms with Gasteiger partial charge in [-0.05, 0) is 12.8 Å². The zero-order valence-corrected chi connectivity index (χ0v) is 25.3. The number of carbonyl (C=O) groups excluding carboxylic acids is 1. The van der Waals surface area contributed by atoms with Gasteiger partial charge >= 0.3 is 21.7 Å². The molecule has 0 bridgehead atoms. The Morgan fingerprint density at radius 1 is 0.632 bits per heavy atom. The van der Waals surface area contributed by atoms with E-state index in [1.165, 1.54) is 38.3 Å². The third-order valence-corrected chi connectivity index (χ3v) is 7.58. The summed E-state index contributed by atoms with van der Waals surface area (Å²) in [5.41, 5.74) is 6.83. The van der Waals surface area contributed by atoms with Crippen LogP contribution in [0.15, 0.2) is 115 Å². The second-order valence-electron chi connectivity index (χ2n) is 8.88. The Balaban J connectivity index is 0.000000279. The maximum absolute atomic E-state index is 10.5. The molecule has 0 saturated heterocycles. The number of nitrogens with one attached hydrogen (secondary N) is 1. The van der Waals surface area contributed by atoms with Gasteiger partial charge in [0, 0.05) is 5.92 Å². The SMILES string of the molecule is [Cl-].[Cl-].[NH-]C(=O)C1CCCCC1.[Ti+4].c1ccc([Si]c2ccccc2)cc1.c1ccc2c(c1)[cH-]c1ccccc12. The molecule has 6 rings (SSSR count). The molecule has 1 aliphatic carbocycles. The van der Waals surface area contributed by atoms with E-state index in [0.717, 1.165) is 35.2 Å². The predicted octanol–water partition coefficient (Wildman–Crippen LogP) is 1.20. The number of rotatable bonds is 3. The average Bonchev–Trinajstić information content (AvgIpc) is 3.30. The van der Waals surface area contributed by atoms with Gasteiger partial charge in [-0.2, -0.15) is 0 Å². The molecule has 1 amide bonds. The van der Waals surface area contributed by atoms with E-state index in [9.17, 15) is 4.79 Å². The van der Waals surface area contributed by atoms with Crippen LogP contribution in [0.4, 0.5) is 0 Å². The van der Waals surface area contributed by atoms with Crippen molar-refractivity contribution in [1.82, 2.24) is 0 Å². The van der Waals surface area contributed by atoms with Crippen molar-refractivity contribution in [1.29, 1.82) is 0 Å². The van der Waals surface area contributed by atoms with Crippen molar-refractivity contribution >= 4 is 47.3 Å². The number of benzene rings is 4. The maximum Gasteiger partial charge on any atom is 4.00 e. The van der Waals surface area contributed by atoms with E-state index in [1.807, 2.05) is 0 Å². The first-order valence-electron chi connectivity index (χ1n) is 12.4. The van der Waals surface area contributed by atoms with Gasteiger partial charge in [-0.15, -0.1) is 39.7 Å². The van der Waals surface area contributed by atoms with Crippen LogP contribution in [0.25, 0.3) is 27.3 Å². The minimum atomic E-state index is -0.352. The van der Waals surface area contributed by atoms with Gasteiger partial charge in [-0.1, -0.05) is 127 Å². The third kappa shape index (κ3) is 10.1. The van der Waals surface area contributed by atoms with Gasteiger partial charge in [0.1, 0.15) is 9.52 Å². The molecule has 0 heterocycles. The monoisotopic (exact) mass is 591 g/mol. The van der Waals surface area contributed by atoms with E-state index >= 15 is 0 Å². The molecule has 1 aliphatic rings. The summed E-state index contributed by atoms with van der Waals surface area (Å²) >= 11 is 0. The van der Waals surface area contributed by atoms with Crippen molar-refractivity contribution in [2.45, 2.75) is 32.1 Å². The van der Waals surface area contributed by atoms with E-state index in [-0.39, 0.29) is 58.4 Å². The third-order valence-electron chi connectivity index (χ3n) is 6.33. The Hall–Kier alpha value is -2.27. The van der Waals surface area contributed by atoms with E-state index in [2.05, 4.69) is 115 Å². The molecule has 2 radical (unpaired) electrons. The van der Waals surface area contributed by atoms with Crippen LogP contribution in [0.1, 0.15) is 32.1 Å². The fourth-order valence-corrected chi connectivity index (χ4v) is 5.53. The smallest absolute Gasteiger partial charge is 1.00 e. The summed E-state index contributed by atoms with van der Waals surface area (Å²) in [4.78, 5) is 10.5.